The van der Waals surface area contributed by atoms with Gasteiger partial charge in [0.1, 0.15) is 0 Å². The van der Waals surface area contributed by atoms with E-state index in [2.05, 4.69) is 10.6 Å². The molecular formula is C6H15N3. The second-order valence-corrected chi connectivity index (χ2v) is 3.22. The Morgan fingerprint density at radius 3 is 2.22 bits per heavy atom. The topological polar surface area (TPSA) is 50.1 Å². The van der Waals surface area contributed by atoms with Gasteiger partial charge in [-0.1, -0.05) is 0 Å². The number of nitrogens with two attached hydrogens (primary N) is 1. The summed E-state index contributed by atoms with van der Waals surface area (Å²) in [6.45, 7) is 6.07. The van der Waals surface area contributed by atoms with Crippen LogP contribution in [0.3, 0.4) is 0 Å². The van der Waals surface area contributed by atoms with Crippen LogP contribution in [0.4, 0.5) is 0 Å². The van der Waals surface area contributed by atoms with Crippen LogP contribution >= 0.6 is 0 Å². The highest BCUT2D eigenvalue weighted by Crippen LogP contribution is 1.97. The summed E-state index contributed by atoms with van der Waals surface area (Å²) in [5.41, 5.74) is 5.49. The zero-order chi connectivity index (χ0) is 6.91. The van der Waals surface area contributed by atoms with Crippen LogP contribution in [0.5, 0.6) is 0 Å². The largest absolute Gasteiger partial charge is 0.314 e. The first-order valence-electron chi connectivity index (χ1n) is 3.35. The van der Waals surface area contributed by atoms with Crippen molar-refractivity contribution in [3.8, 4) is 0 Å². The van der Waals surface area contributed by atoms with Gasteiger partial charge in [-0.3, -0.25) is 5.32 Å². The maximum absolute atomic E-state index is 5.71. The van der Waals surface area contributed by atoms with Gasteiger partial charge < -0.3 is 11.1 Å². The molecule has 0 spiro atoms. The Labute approximate surface area is 56.0 Å². The molecule has 1 fully saturated rings. The number of hydrogen-bond acceptors (Lipinski definition) is 3. The van der Waals surface area contributed by atoms with Crippen molar-refractivity contribution in [1.82, 2.24) is 10.6 Å². The normalized spacial score (nSPS) is 21.7. The minimum atomic E-state index is -0.216. The van der Waals surface area contributed by atoms with Crippen LogP contribution < -0.4 is 16.4 Å². The fourth-order valence-corrected chi connectivity index (χ4v) is 0.917. The van der Waals surface area contributed by atoms with E-state index in [0.29, 0.717) is 6.04 Å². The molecule has 0 aromatic rings. The third-order valence-corrected chi connectivity index (χ3v) is 1.36. The van der Waals surface area contributed by atoms with Crippen molar-refractivity contribution in [2.45, 2.75) is 25.6 Å². The summed E-state index contributed by atoms with van der Waals surface area (Å²) in [4.78, 5) is 0. The first kappa shape index (κ1) is 6.99. The van der Waals surface area contributed by atoms with Crippen LogP contribution in [0, 0.1) is 0 Å². The van der Waals surface area contributed by atoms with Crippen molar-refractivity contribution in [1.29, 1.82) is 0 Å². The van der Waals surface area contributed by atoms with Gasteiger partial charge in [0.05, 0.1) is 5.66 Å². The van der Waals surface area contributed by atoms with Gasteiger partial charge in [-0.25, -0.2) is 0 Å². The van der Waals surface area contributed by atoms with E-state index in [1.165, 1.54) is 0 Å². The van der Waals surface area contributed by atoms with Crippen molar-refractivity contribution in [2.24, 2.45) is 5.73 Å². The Kier molecular flexibility index (Phi) is 1.75. The molecule has 1 rings (SSSR count). The first-order chi connectivity index (χ1) is 4.08. The molecule has 3 nitrogen and oxygen atoms in total. The molecule has 0 aromatic carbocycles. The Morgan fingerprint density at radius 1 is 1.56 bits per heavy atom. The van der Waals surface area contributed by atoms with Crippen molar-refractivity contribution >= 4 is 0 Å². The van der Waals surface area contributed by atoms with Crippen LogP contribution in [0.1, 0.15) is 13.8 Å². The highest BCUT2D eigenvalue weighted by atomic mass is 15.2. The molecule has 0 radical (unpaired) electrons. The van der Waals surface area contributed by atoms with Gasteiger partial charge in [0, 0.05) is 19.1 Å². The van der Waals surface area contributed by atoms with Gasteiger partial charge in [0.15, 0.2) is 0 Å². The molecule has 0 bridgehead atoms. The van der Waals surface area contributed by atoms with Gasteiger partial charge >= 0.3 is 0 Å². The maximum Gasteiger partial charge on any atom is 0.0606 e. The molecule has 0 atom stereocenters. The monoisotopic (exact) mass is 129 g/mol. The van der Waals surface area contributed by atoms with Gasteiger partial charge in [-0.05, 0) is 13.8 Å². The second kappa shape index (κ2) is 2.25. The summed E-state index contributed by atoms with van der Waals surface area (Å²) < 4.78 is 0. The van der Waals surface area contributed by atoms with E-state index >= 15 is 0 Å². The van der Waals surface area contributed by atoms with E-state index in [9.17, 15) is 0 Å². The average Bonchev–Trinajstić information content (AvgIpc) is 1.53. The molecule has 0 aromatic heterocycles. The van der Waals surface area contributed by atoms with E-state index in [4.69, 9.17) is 5.73 Å². The zero-order valence-corrected chi connectivity index (χ0v) is 6.07. The van der Waals surface area contributed by atoms with Gasteiger partial charge in [-0.2, -0.15) is 0 Å². The second-order valence-electron chi connectivity index (χ2n) is 3.22. The smallest absolute Gasteiger partial charge is 0.0606 e. The molecule has 1 saturated heterocycles. The maximum atomic E-state index is 5.71. The van der Waals surface area contributed by atoms with E-state index in [0.717, 1.165) is 13.1 Å². The third kappa shape index (κ3) is 2.30. The molecule has 4 N–H and O–H groups in total. The predicted molar refractivity (Wildman–Crippen MR) is 38.1 cm³/mol. The fourth-order valence-electron chi connectivity index (χ4n) is 0.917. The predicted octanol–water partition coefficient (Wildman–Crippen LogP) is -0.757. The van der Waals surface area contributed by atoms with Crippen molar-refractivity contribution in [3.63, 3.8) is 0 Å². The summed E-state index contributed by atoms with van der Waals surface area (Å²) in [7, 11) is 0. The average molecular weight is 129 g/mol. The summed E-state index contributed by atoms with van der Waals surface area (Å²) in [5.74, 6) is 0. The number of hydrogen-bond donors (Lipinski definition) is 3. The number of nitrogens with one attached hydrogen (secondary N) is 2. The Morgan fingerprint density at radius 2 is 2.11 bits per heavy atom. The number of rotatable bonds is 2. The van der Waals surface area contributed by atoms with Crippen LogP contribution in [-0.2, 0) is 0 Å². The van der Waals surface area contributed by atoms with Crippen LogP contribution in [0.15, 0.2) is 0 Å². The van der Waals surface area contributed by atoms with Gasteiger partial charge in [0.2, 0.25) is 0 Å². The third-order valence-electron chi connectivity index (χ3n) is 1.36. The Hall–Kier alpha value is -0.120. The molecule has 0 aliphatic carbocycles. The minimum Gasteiger partial charge on any atom is -0.314 e. The van der Waals surface area contributed by atoms with E-state index in [1.807, 2.05) is 13.8 Å². The summed E-state index contributed by atoms with van der Waals surface area (Å²) >= 11 is 0. The highest BCUT2D eigenvalue weighted by molar-refractivity contribution is 4.86. The lowest BCUT2D eigenvalue weighted by Crippen LogP contribution is -2.63. The summed E-state index contributed by atoms with van der Waals surface area (Å²) in [6.07, 6.45) is 0. The molecule has 1 aliphatic rings. The minimum absolute atomic E-state index is 0.216. The molecule has 1 aliphatic heterocycles. The highest BCUT2D eigenvalue weighted by Gasteiger charge is 2.21. The van der Waals surface area contributed by atoms with Crippen LogP contribution in [0.2, 0.25) is 0 Å². The summed E-state index contributed by atoms with van der Waals surface area (Å²) in [5, 5.41) is 6.44. The molecule has 0 saturated carbocycles. The standard InChI is InChI=1S/C6H15N3/c1-6(2,7)9-5-3-8-4-5/h5,8-9H,3-4,7H2,1-2H3. The fraction of sp³-hybridized carbons (Fsp3) is 1.00. The quantitative estimate of drug-likeness (QED) is 0.430. The Bertz CT molecular complexity index is 91.0. The summed E-state index contributed by atoms with van der Waals surface area (Å²) in [6, 6.07) is 0.588. The molecule has 3 heteroatoms. The molecule has 1 heterocycles. The zero-order valence-electron chi connectivity index (χ0n) is 6.07. The lowest BCUT2D eigenvalue weighted by Gasteiger charge is -2.34. The lowest BCUT2D eigenvalue weighted by molar-refractivity contribution is 0.276. The first-order valence-corrected chi connectivity index (χ1v) is 3.35. The van der Waals surface area contributed by atoms with Crippen molar-refractivity contribution < 1.29 is 0 Å². The molecular weight excluding hydrogens is 114 g/mol. The van der Waals surface area contributed by atoms with E-state index < -0.39 is 0 Å². The van der Waals surface area contributed by atoms with Crippen molar-refractivity contribution in [2.75, 3.05) is 13.1 Å². The van der Waals surface area contributed by atoms with Crippen LogP contribution in [0.25, 0.3) is 0 Å². The molecule has 9 heavy (non-hydrogen) atoms. The van der Waals surface area contributed by atoms with Crippen LogP contribution in [-0.4, -0.2) is 24.8 Å². The molecule has 0 amide bonds. The van der Waals surface area contributed by atoms with Gasteiger partial charge in [-0.15, -0.1) is 0 Å². The van der Waals surface area contributed by atoms with E-state index in [-0.39, 0.29) is 5.66 Å². The SMILES string of the molecule is CC(C)(N)NC1CNC1. The van der Waals surface area contributed by atoms with Gasteiger partial charge in [0.25, 0.3) is 0 Å². The molecule has 54 valence electrons. The van der Waals surface area contributed by atoms with Crippen molar-refractivity contribution in [3.05, 3.63) is 0 Å². The van der Waals surface area contributed by atoms with E-state index in [1.54, 1.807) is 0 Å². The lowest BCUT2D eigenvalue weighted by atomic mass is 10.1. The molecule has 0 unspecified atom stereocenters. The Balaban J connectivity index is 2.16.